The number of rotatable bonds is 9. The molecule has 1 fully saturated rings. The summed E-state index contributed by atoms with van der Waals surface area (Å²) in [5.41, 5.74) is 5.05. The summed E-state index contributed by atoms with van der Waals surface area (Å²) in [6.07, 6.45) is 1.77. The van der Waals surface area contributed by atoms with Gasteiger partial charge in [-0.1, -0.05) is 48.5 Å². The summed E-state index contributed by atoms with van der Waals surface area (Å²) in [4.78, 5) is 20.6. The number of anilines is 1. The van der Waals surface area contributed by atoms with Crippen molar-refractivity contribution in [2.45, 2.75) is 18.9 Å². The molecule has 11 nitrogen and oxygen atoms in total. The molecule has 0 radical (unpaired) electrons. The fourth-order valence-corrected chi connectivity index (χ4v) is 5.85. The van der Waals surface area contributed by atoms with E-state index in [1.54, 1.807) is 29.8 Å². The summed E-state index contributed by atoms with van der Waals surface area (Å²) >= 11 is 0. The van der Waals surface area contributed by atoms with Crippen LogP contribution in [0.4, 0.5) is 10.6 Å². The maximum Gasteiger partial charge on any atom is 0.320 e. The van der Waals surface area contributed by atoms with Crippen molar-refractivity contribution in [1.29, 1.82) is 0 Å². The molecule has 4 heterocycles. The van der Waals surface area contributed by atoms with Gasteiger partial charge in [0.05, 0.1) is 36.5 Å². The van der Waals surface area contributed by atoms with Crippen LogP contribution in [0, 0.1) is 6.92 Å². The highest BCUT2D eigenvalue weighted by Crippen LogP contribution is 2.34. The molecule has 2 atom stereocenters. The predicted molar refractivity (Wildman–Crippen MR) is 166 cm³/mol. The zero-order valence-electron chi connectivity index (χ0n) is 24.8. The van der Waals surface area contributed by atoms with E-state index < -0.39 is 0 Å². The molecule has 43 heavy (non-hydrogen) atoms. The second-order valence-corrected chi connectivity index (χ2v) is 10.8. The molecule has 222 valence electrons. The Morgan fingerprint density at radius 1 is 1.02 bits per heavy atom. The van der Waals surface area contributed by atoms with Crippen molar-refractivity contribution in [1.82, 2.24) is 34.8 Å². The average Bonchev–Trinajstić information content (AvgIpc) is 3.69. The van der Waals surface area contributed by atoms with Crippen molar-refractivity contribution in [2.75, 3.05) is 45.8 Å². The van der Waals surface area contributed by atoms with E-state index in [0.717, 1.165) is 41.8 Å². The summed E-state index contributed by atoms with van der Waals surface area (Å²) in [5.74, 6) is 1.24. The van der Waals surface area contributed by atoms with Crippen LogP contribution in [-0.2, 0) is 11.8 Å². The number of benzene rings is 2. The van der Waals surface area contributed by atoms with Crippen LogP contribution in [0.15, 0.2) is 72.9 Å². The Balaban J connectivity index is 1.32. The summed E-state index contributed by atoms with van der Waals surface area (Å²) in [6, 6.07) is 21.7. The van der Waals surface area contributed by atoms with Gasteiger partial charge in [-0.3, -0.25) is 10.2 Å². The van der Waals surface area contributed by atoms with Crippen LogP contribution >= 0.6 is 0 Å². The normalized spacial score (nSPS) is 16.9. The number of nitrogens with one attached hydrogen (secondary N) is 2. The number of carbonyl (C=O) groups is 1. The van der Waals surface area contributed by atoms with Crippen LogP contribution in [0.2, 0.25) is 0 Å². The number of carbonyl (C=O) groups excluding carboxylic acids is 1. The molecule has 2 N–H and O–H groups in total. The molecule has 6 rings (SSSR count). The summed E-state index contributed by atoms with van der Waals surface area (Å²) in [5, 5.41) is 16.5. The van der Waals surface area contributed by atoms with Gasteiger partial charge in [-0.2, -0.15) is 5.10 Å². The summed E-state index contributed by atoms with van der Waals surface area (Å²) in [6.45, 7) is 4.98. The Kier molecular flexibility index (Phi) is 8.08. The molecule has 0 saturated carbocycles. The quantitative estimate of drug-likeness (QED) is 0.266. The second-order valence-electron chi connectivity index (χ2n) is 10.8. The molecule has 0 unspecified atom stereocenters. The number of urea groups is 1. The molecule has 1 aliphatic rings. The second kappa shape index (κ2) is 12.2. The van der Waals surface area contributed by atoms with Gasteiger partial charge in [0.15, 0.2) is 5.65 Å². The maximum atomic E-state index is 13.7. The lowest BCUT2D eigenvalue weighted by atomic mass is 9.94. The first-order chi connectivity index (χ1) is 21.0. The third-order valence-electron chi connectivity index (χ3n) is 8.02. The number of hydrogen-bond acceptors (Lipinski definition) is 7. The number of aryl methyl sites for hydroxylation is 1. The van der Waals surface area contributed by atoms with Crippen molar-refractivity contribution in [3.8, 4) is 22.8 Å². The van der Waals surface area contributed by atoms with E-state index in [-0.39, 0.29) is 18.0 Å². The van der Waals surface area contributed by atoms with Gasteiger partial charge >= 0.3 is 6.03 Å². The van der Waals surface area contributed by atoms with E-state index in [2.05, 4.69) is 37.7 Å². The Morgan fingerprint density at radius 3 is 2.49 bits per heavy atom. The van der Waals surface area contributed by atoms with E-state index in [4.69, 9.17) is 14.6 Å². The number of para-hydroxylation sites is 1. The number of aromatic nitrogens is 5. The van der Waals surface area contributed by atoms with Gasteiger partial charge in [0, 0.05) is 57.0 Å². The minimum absolute atomic E-state index is 0.0724. The van der Waals surface area contributed by atoms with Gasteiger partial charge in [-0.05, 0) is 30.7 Å². The van der Waals surface area contributed by atoms with E-state index >= 15 is 0 Å². The van der Waals surface area contributed by atoms with Crippen LogP contribution in [0.5, 0.6) is 5.88 Å². The third kappa shape index (κ3) is 5.69. The van der Waals surface area contributed by atoms with Gasteiger partial charge < -0.3 is 14.8 Å². The van der Waals surface area contributed by atoms with Gasteiger partial charge in [0.25, 0.3) is 0 Å². The number of nitrogens with zero attached hydrogens (tertiary/aromatic N) is 6. The number of pyridine rings is 1. The molecule has 0 spiro atoms. The highest BCUT2D eigenvalue weighted by Gasteiger charge is 2.35. The molecule has 1 aliphatic heterocycles. The van der Waals surface area contributed by atoms with Crippen LogP contribution in [-0.4, -0.2) is 82.0 Å². The zero-order chi connectivity index (χ0) is 29.9. The number of amides is 2. The van der Waals surface area contributed by atoms with Crippen LogP contribution in [0.3, 0.4) is 0 Å². The van der Waals surface area contributed by atoms with Crippen molar-refractivity contribution in [3.05, 3.63) is 84.1 Å². The summed E-state index contributed by atoms with van der Waals surface area (Å²) < 4.78 is 14.3. The molecular weight excluding hydrogens is 544 g/mol. The highest BCUT2D eigenvalue weighted by molar-refractivity contribution is 5.92. The number of ether oxygens (including phenoxy) is 2. The lowest BCUT2D eigenvalue weighted by Gasteiger charge is -2.21. The lowest BCUT2D eigenvalue weighted by Crippen LogP contribution is -2.42. The smallest absolute Gasteiger partial charge is 0.320 e. The topological polar surface area (TPSA) is 111 Å². The Labute approximate surface area is 250 Å². The van der Waals surface area contributed by atoms with Gasteiger partial charge in [0.2, 0.25) is 5.88 Å². The SMILES string of the molecule is COCCN1C[C@@H](NC(=O)Nc2c(C)c(-c3cnc4c(c3)c(OC)nn4C)nn2-c2ccccc2)[C@H](c2ccccc2)C1. The molecule has 3 aromatic heterocycles. The standard InChI is InChI=1S/C32H36N8O3/c1-21-28(23-17-25-30(33-18-23)38(2)37-31(25)43-4)36-40(24-13-9-6-10-14-24)29(21)35-32(41)34-27-20-39(15-16-42-3)19-26(27)22-11-7-5-8-12-22/h5-14,17-18,26-27H,15-16,19-20H2,1-4H3,(H2,34,35,41)/t26-,27+/m0/s1. The largest absolute Gasteiger partial charge is 0.479 e. The van der Waals surface area contributed by atoms with Crippen molar-refractivity contribution in [2.24, 2.45) is 7.05 Å². The monoisotopic (exact) mass is 580 g/mol. The average molecular weight is 581 g/mol. The van der Waals surface area contributed by atoms with Crippen LogP contribution in [0.1, 0.15) is 17.0 Å². The lowest BCUT2D eigenvalue weighted by molar-refractivity contribution is 0.159. The highest BCUT2D eigenvalue weighted by atomic mass is 16.5. The van der Waals surface area contributed by atoms with Crippen molar-refractivity contribution < 1.29 is 14.3 Å². The molecule has 1 saturated heterocycles. The Bertz CT molecular complexity index is 1720. The number of likely N-dealkylation sites (tertiary alicyclic amines) is 1. The van der Waals surface area contributed by atoms with E-state index in [0.29, 0.717) is 29.6 Å². The van der Waals surface area contributed by atoms with Crippen molar-refractivity contribution in [3.63, 3.8) is 0 Å². The fraction of sp³-hybridized carbons (Fsp3) is 0.312. The molecule has 0 aliphatic carbocycles. The molecular formula is C32H36N8O3. The van der Waals surface area contributed by atoms with Gasteiger partial charge in [-0.15, -0.1) is 5.10 Å². The van der Waals surface area contributed by atoms with Crippen LogP contribution < -0.4 is 15.4 Å². The molecule has 11 heteroatoms. The first kappa shape index (κ1) is 28.4. The van der Waals surface area contributed by atoms with Crippen LogP contribution in [0.25, 0.3) is 28.0 Å². The van der Waals surface area contributed by atoms with E-state index in [1.165, 1.54) is 5.56 Å². The fourth-order valence-electron chi connectivity index (χ4n) is 5.85. The molecule has 2 aromatic carbocycles. The van der Waals surface area contributed by atoms with Crippen molar-refractivity contribution >= 4 is 22.9 Å². The molecule has 5 aromatic rings. The Morgan fingerprint density at radius 2 is 1.77 bits per heavy atom. The summed E-state index contributed by atoms with van der Waals surface area (Å²) in [7, 11) is 5.13. The molecule has 0 bridgehead atoms. The molecule has 2 amide bonds. The van der Waals surface area contributed by atoms with Gasteiger partial charge in [-0.25, -0.2) is 19.1 Å². The van der Waals surface area contributed by atoms with E-state index in [9.17, 15) is 4.79 Å². The zero-order valence-corrected chi connectivity index (χ0v) is 24.8. The van der Waals surface area contributed by atoms with E-state index in [1.807, 2.05) is 68.6 Å². The Hall–Kier alpha value is -4.74. The van der Waals surface area contributed by atoms with Gasteiger partial charge in [0.1, 0.15) is 5.82 Å². The number of methoxy groups -OCH3 is 2. The number of hydrogen-bond donors (Lipinski definition) is 2. The number of fused-ring (bicyclic) bond motifs is 1. The third-order valence-corrected chi connectivity index (χ3v) is 8.02. The maximum absolute atomic E-state index is 13.7. The first-order valence-electron chi connectivity index (χ1n) is 14.3. The first-order valence-corrected chi connectivity index (χ1v) is 14.3. The minimum Gasteiger partial charge on any atom is -0.479 e. The predicted octanol–water partition coefficient (Wildman–Crippen LogP) is 4.37. The minimum atomic E-state index is -0.284.